The number of rotatable bonds is 4. The van der Waals surface area contributed by atoms with E-state index in [-0.39, 0.29) is 5.69 Å². The van der Waals surface area contributed by atoms with Crippen molar-refractivity contribution in [3.05, 3.63) is 66.1 Å². The molecular formula is C18H15NO4. The molecule has 0 N–H and O–H groups in total. The molecule has 116 valence electrons. The van der Waals surface area contributed by atoms with Gasteiger partial charge in [0.25, 0.3) is 0 Å². The van der Waals surface area contributed by atoms with Crippen molar-refractivity contribution in [3.8, 4) is 23.0 Å². The number of hydrogen-bond acceptors (Lipinski definition) is 5. The van der Waals surface area contributed by atoms with Crippen molar-refractivity contribution in [2.45, 2.75) is 6.92 Å². The molecule has 0 unspecified atom stereocenters. The molecule has 3 rings (SSSR count). The van der Waals surface area contributed by atoms with Crippen molar-refractivity contribution in [2.75, 3.05) is 7.11 Å². The largest absolute Gasteiger partial charge is 0.464 e. The highest BCUT2D eigenvalue weighted by molar-refractivity contribution is 5.88. The summed E-state index contributed by atoms with van der Waals surface area (Å²) in [7, 11) is 1.31. The van der Waals surface area contributed by atoms with E-state index < -0.39 is 5.97 Å². The minimum Gasteiger partial charge on any atom is -0.464 e. The molecule has 23 heavy (non-hydrogen) atoms. The van der Waals surface area contributed by atoms with Gasteiger partial charge in [-0.05, 0) is 43.3 Å². The smallest absolute Gasteiger partial charge is 0.360 e. The van der Waals surface area contributed by atoms with Crippen LogP contribution in [0.5, 0.6) is 11.5 Å². The summed E-state index contributed by atoms with van der Waals surface area (Å²) >= 11 is 0. The summed E-state index contributed by atoms with van der Waals surface area (Å²) in [6, 6.07) is 16.8. The Kier molecular flexibility index (Phi) is 4.10. The van der Waals surface area contributed by atoms with Crippen molar-refractivity contribution < 1.29 is 18.7 Å². The summed E-state index contributed by atoms with van der Waals surface area (Å²) in [5.74, 6) is 1.75. The van der Waals surface area contributed by atoms with Crippen molar-refractivity contribution in [2.24, 2.45) is 0 Å². The van der Waals surface area contributed by atoms with Crippen LogP contribution in [0.4, 0.5) is 0 Å². The second-order valence-electron chi connectivity index (χ2n) is 4.85. The molecule has 5 heteroatoms. The average Bonchev–Trinajstić information content (AvgIpc) is 2.97. The van der Waals surface area contributed by atoms with Crippen LogP contribution in [-0.2, 0) is 4.74 Å². The van der Waals surface area contributed by atoms with Crippen LogP contribution in [0, 0.1) is 6.92 Å². The van der Waals surface area contributed by atoms with Gasteiger partial charge in [0.2, 0.25) is 5.89 Å². The van der Waals surface area contributed by atoms with E-state index >= 15 is 0 Å². The number of esters is 1. The van der Waals surface area contributed by atoms with Crippen LogP contribution < -0.4 is 4.74 Å². The van der Waals surface area contributed by atoms with E-state index in [1.54, 1.807) is 6.92 Å². The molecule has 1 heterocycles. The van der Waals surface area contributed by atoms with Gasteiger partial charge < -0.3 is 13.9 Å². The van der Waals surface area contributed by atoms with Gasteiger partial charge in [-0.2, -0.15) is 0 Å². The van der Waals surface area contributed by atoms with E-state index in [2.05, 4.69) is 9.72 Å². The lowest BCUT2D eigenvalue weighted by atomic mass is 10.2. The van der Waals surface area contributed by atoms with E-state index in [9.17, 15) is 4.79 Å². The van der Waals surface area contributed by atoms with Crippen LogP contribution in [0.2, 0.25) is 0 Å². The number of carbonyl (C=O) groups is 1. The quantitative estimate of drug-likeness (QED) is 0.675. The maximum Gasteiger partial charge on any atom is 0.360 e. The number of aromatic nitrogens is 1. The molecule has 5 nitrogen and oxygen atoms in total. The molecular weight excluding hydrogens is 294 g/mol. The van der Waals surface area contributed by atoms with E-state index in [4.69, 9.17) is 9.15 Å². The molecule has 2 aromatic carbocycles. The molecule has 0 saturated heterocycles. The standard InChI is InChI=1S/C18H15NO4/c1-12-16(18(20)21-2)19-17(22-12)13-8-10-15(11-9-13)23-14-6-4-3-5-7-14/h3-11H,1-2H3. The Balaban J connectivity index is 1.81. The van der Waals surface area contributed by atoms with Crippen molar-refractivity contribution in [1.82, 2.24) is 4.98 Å². The summed E-state index contributed by atoms with van der Waals surface area (Å²) in [4.78, 5) is 15.8. The molecule has 0 bridgehead atoms. The van der Waals surface area contributed by atoms with Crippen LogP contribution in [0.3, 0.4) is 0 Å². The zero-order valence-electron chi connectivity index (χ0n) is 12.8. The molecule has 1 aromatic heterocycles. The second-order valence-corrected chi connectivity index (χ2v) is 4.85. The number of benzene rings is 2. The minimum absolute atomic E-state index is 0.187. The Morgan fingerprint density at radius 3 is 2.30 bits per heavy atom. The first-order valence-electron chi connectivity index (χ1n) is 7.06. The van der Waals surface area contributed by atoms with Crippen LogP contribution in [-0.4, -0.2) is 18.1 Å². The molecule has 0 atom stereocenters. The number of carbonyl (C=O) groups excluding carboxylic acids is 1. The van der Waals surface area contributed by atoms with E-state index in [1.165, 1.54) is 7.11 Å². The summed E-state index contributed by atoms with van der Waals surface area (Å²) in [6.07, 6.45) is 0. The van der Waals surface area contributed by atoms with Gasteiger partial charge in [-0.25, -0.2) is 9.78 Å². The van der Waals surface area contributed by atoms with Gasteiger partial charge in [0, 0.05) is 5.56 Å². The van der Waals surface area contributed by atoms with Crippen LogP contribution in [0.25, 0.3) is 11.5 Å². The molecule has 0 spiro atoms. The van der Waals surface area contributed by atoms with Crippen LogP contribution in [0.1, 0.15) is 16.2 Å². The number of hydrogen-bond donors (Lipinski definition) is 0. The van der Waals surface area contributed by atoms with Gasteiger partial charge >= 0.3 is 5.97 Å². The van der Waals surface area contributed by atoms with E-state index in [1.807, 2.05) is 54.6 Å². The first kappa shape index (κ1) is 14.8. The van der Waals surface area contributed by atoms with Gasteiger partial charge in [0.05, 0.1) is 7.11 Å². The van der Waals surface area contributed by atoms with Crippen LogP contribution >= 0.6 is 0 Å². The topological polar surface area (TPSA) is 61.6 Å². The molecule has 0 amide bonds. The molecule has 0 aliphatic rings. The van der Waals surface area contributed by atoms with Crippen molar-refractivity contribution in [3.63, 3.8) is 0 Å². The van der Waals surface area contributed by atoms with E-state index in [0.29, 0.717) is 17.4 Å². The third-order valence-corrected chi connectivity index (χ3v) is 3.26. The van der Waals surface area contributed by atoms with Gasteiger partial charge in [-0.15, -0.1) is 0 Å². The maximum atomic E-state index is 11.6. The summed E-state index contributed by atoms with van der Waals surface area (Å²) < 4.78 is 15.9. The van der Waals surface area contributed by atoms with Gasteiger partial charge in [0.1, 0.15) is 17.3 Å². The third-order valence-electron chi connectivity index (χ3n) is 3.26. The Morgan fingerprint density at radius 1 is 1.00 bits per heavy atom. The first-order chi connectivity index (χ1) is 11.2. The van der Waals surface area contributed by atoms with Crippen molar-refractivity contribution in [1.29, 1.82) is 0 Å². The molecule has 3 aromatic rings. The fraction of sp³-hybridized carbons (Fsp3) is 0.111. The van der Waals surface area contributed by atoms with Crippen molar-refractivity contribution >= 4 is 5.97 Å². The zero-order valence-corrected chi connectivity index (χ0v) is 12.8. The average molecular weight is 309 g/mol. The zero-order chi connectivity index (χ0) is 16.2. The fourth-order valence-electron chi connectivity index (χ4n) is 2.10. The van der Waals surface area contributed by atoms with E-state index in [0.717, 1.165) is 11.3 Å². The molecule has 0 aliphatic carbocycles. The number of ether oxygens (including phenoxy) is 2. The predicted molar refractivity (Wildman–Crippen MR) is 84.5 cm³/mol. The monoisotopic (exact) mass is 309 g/mol. The SMILES string of the molecule is COC(=O)c1nc(-c2ccc(Oc3ccccc3)cc2)oc1C. The summed E-state index contributed by atoms with van der Waals surface area (Å²) in [5.41, 5.74) is 0.941. The molecule has 0 fully saturated rings. The molecule has 0 radical (unpaired) electrons. The lowest BCUT2D eigenvalue weighted by molar-refractivity contribution is 0.0593. The van der Waals surface area contributed by atoms with Crippen LogP contribution in [0.15, 0.2) is 59.0 Å². The summed E-state index contributed by atoms with van der Waals surface area (Å²) in [6.45, 7) is 1.68. The fourth-order valence-corrected chi connectivity index (χ4v) is 2.10. The maximum absolute atomic E-state index is 11.6. The Hall–Kier alpha value is -3.08. The molecule has 0 saturated carbocycles. The first-order valence-corrected chi connectivity index (χ1v) is 7.06. The Bertz CT molecular complexity index is 807. The van der Waals surface area contributed by atoms with Gasteiger partial charge in [-0.3, -0.25) is 0 Å². The normalized spacial score (nSPS) is 10.3. The number of aryl methyl sites for hydroxylation is 1. The number of para-hydroxylation sites is 1. The highest BCUT2D eigenvalue weighted by Crippen LogP contribution is 2.26. The lowest BCUT2D eigenvalue weighted by Crippen LogP contribution is -2.03. The minimum atomic E-state index is -0.512. The second kappa shape index (κ2) is 6.36. The lowest BCUT2D eigenvalue weighted by Gasteiger charge is -2.05. The Labute approximate surface area is 133 Å². The number of nitrogens with zero attached hydrogens (tertiary/aromatic N) is 1. The number of methoxy groups -OCH3 is 1. The van der Waals surface area contributed by atoms with Gasteiger partial charge in [0.15, 0.2) is 5.69 Å². The predicted octanol–water partition coefficient (Wildman–Crippen LogP) is 4.23. The number of oxazole rings is 1. The highest BCUT2D eigenvalue weighted by Gasteiger charge is 2.18. The summed E-state index contributed by atoms with van der Waals surface area (Å²) in [5, 5.41) is 0. The Morgan fingerprint density at radius 2 is 1.65 bits per heavy atom. The highest BCUT2D eigenvalue weighted by atomic mass is 16.5. The third kappa shape index (κ3) is 3.23. The van der Waals surface area contributed by atoms with Gasteiger partial charge in [-0.1, -0.05) is 18.2 Å². The molecule has 0 aliphatic heterocycles.